The maximum absolute atomic E-state index is 11.4. The molecule has 6 heteroatoms. The highest BCUT2D eigenvalue weighted by Gasteiger charge is 2.03. The first-order chi connectivity index (χ1) is 8.58. The van der Waals surface area contributed by atoms with Crippen molar-refractivity contribution in [1.29, 1.82) is 0 Å². The summed E-state index contributed by atoms with van der Waals surface area (Å²) in [4.78, 5) is 21.7. The highest BCUT2D eigenvalue weighted by Crippen LogP contribution is 2.00. The topological polar surface area (TPSA) is 84.2 Å². The van der Waals surface area contributed by atoms with E-state index in [1.54, 1.807) is 4.68 Å². The van der Waals surface area contributed by atoms with Crippen molar-refractivity contribution in [3.05, 3.63) is 18.0 Å². The molecule has 0 aliphatic rings. The van der Waals surface area contributed by atoms with Crippen LogP contribution in [0.15, 0.2) is 12.3 Å². The molecular formula is C12H19N3O3. The number of amides is 1. The van der Waals surface area contributed by atoms with Gasteiger partial charge in [0.05, 0.1) is 5.69 Å². The maximum atomic E-state index is 11.4. The minimum atomic E-state index is -0.814. The van der Waals surface area contributed by atoms with Crippen molar-refractivity contribution in [2.45, 2.75) is 32.1 Å². The summed E-state index contributed by atoms with van der Waals surface area (Å²) >= 11 is 0. The SMILES string of the molecule is Cn1ccc(CCNC(=O)CCCCC(=O)O)n1. The number of nitrogens with one attached hydrogen (secondary N) is 1. The Morgan fingerprint density at radius 2 is 2.11 bits per heavy atom. The zero-order valence-corrected chi connectivity index (χ0v) is 10.6. The lowest BCUT2D eigenvalue weighted by Gasteiger charge is -2.03. The van der Waals surface area contributed by atoms with E-state index in [1.165, 1.54) is 0 Å². The van der Waals surface area contributed by atoms with Crippen LogP contribution in [0, 0.1) is 0 Å². The van der Waals surface area contributed by atoms with Crippen LogP contribution in [0.4, 0.5) is 0 Å². The third-order valence-electron chi connectivity index (χ3n) is 2.52. The molecular weight excluding hydrogens is 234 g/mol. The Morgan fingerprint density at radius 1 is 1.39 bits per heavy atom. The lowest BCUT2D eigenvalue weighted by atomic mass is 10.2. The van der Waals surface area contributed by atoms with Crippen molar-refractivity contribution in [3.63, 3.8) is 0 Å². The Labute approximate surface area is 106 Å². The van der Waals surface area contributed by atoms with Crippen LogP contribution in [-0.4, -0.2) is 33.3 Å². The molecule has 0 saturated heterocycles. The third-order valence-corrected chi connectivity index (χ3v) is 2.52. The van der Waals surface area contributed by atoms with Gasteiger partial charge in [0, 0.05) is 39.1 Å². The second kappa shape index (κ2) is 7.47. The van der Waals surface area contributed by atoms with Gasteiger partial charge in [-0.1, -0.05) is 0 Å². The number of hydrogen-bond donors (Lipinski definition) is 2. The lowest BCUT2D eigenvalue weighted by molar-refractivity contribution is -0.137. The molecule has 1 heterocycles. The Morgan fingerprint density at radius 3 is 2.72 bits per heavy atom. The van der Waals surface area contributed by atoms with Gasteiger partial charge in [-0.2, -0.15) is 5.10 Å². The van der Waals surface area contributed by atoms with Gasteiger partial charge in [-0.3, -0.25) is 14.3 Å². The fraction of sp³-hybridized carbons (Fsp3) is 0.583. The van der Waals surface area contributed by atoms with E-state index in [2.05, 4.69) is 10.4 Å². The van der Waals surface area contributed by atoms with Gasteiger partial charge < -0.3 is 10.4 Å². The second-order valence-electron chi connectivity index (χ2n) is 4.18. The van der Waals surface area contributed by atoms with Crippen LogP contribution in [0.25, 0.3) is 0 Å². The summed E-state index contributed by atoms with van der Waals surface area (Å²) in [6.07, 6.45) is 4.24. The second-order valence-corrected chi connectivity index (χ2v) is 4.18. The molecule has 18 heavy (non-hydrogen) atoms. The molecule has 0 aliphatic carbocycles. The molecule has 0 bridgehead atoms. The van der Waals surface area contributed by atoms with E-state index in [-0.39, 0.29) is 12.3 Å². The summed E-state index contributed by atoms with van der Waals surface area (Å²) < 4.78 is 1.73. The molecule has 0 fully saturated rings. The summed E-state index contributed by atoms with van der Waals surface area (Å²) in [5.74, 6) is -0.845. The number of unbranched alkanes of at least 4 members (excludes halogenated alkanes) is 1. The fourth-order valence-corrected chi connectivity index (χ4v) is 1.58. The molecule has 0 unspecified atom stereocenters. The predicted octanol–water partition coefficient (Wildman–Crippen LogP) is 0.724. The number of aromatic nitrogens is 2. The molecule has 1 aromatic rings. The average molecular weight is 253 g/mol. The van der Waals surface area contributed by atoms with Crippen molar-refractivity contribution in [3.8, 4) is 0 Å². The number of aliphatic carboxylic acids is 1. The maximum Gasteiger partial charge on any atom is 0.303 e. The zero-order chi connectivity index (χ0) is 13.4. The fourth-order valence-electron chi connectivity index (χ4n) is 1.58. The van der Waals surface area contributed by atoms with Gasteiger partial charge >= 0.3 is 5.97 Å². The van der Waals surface area contributed by atoms with Gasteiger partial charge in [0.15, 0.2) is 0 Å². The van der Waals surface area contributed by atoms with Gasteiger partial charge in [-0.15, -0.1) is 0 Å². The molecule has 1 amide bonds. The van der Waals surface area contributed by atoms with Crippen LogP contribution in [0.1, 0.15) is 31.4 Å². The van der Waals surface area contributed by atoms with Crippen LogP contribution >= 0.6 is 0 Å². The number of carbonyl (C=O) groups is 2. The van der Waals surface area contributed by atoms with Gasteiger partial charge in [-0.25, -0.2) is 0 Å². The number of rotatable bonds is 8. The van der Waals surface area contributed by atoms with Crippen molar-refractivity contribution >= 4 is 11.9 Å². The third kappa shape index (κ3) is 6.03. The van der Waals surface area contributed by atoms with Crippen molar-refractivity contribution in [1.82, 2.24) is 15.1 Å². The van der Waals surface area contributed by atoms with Crippen LogP contribution in [-0.2, 0) is 23.1 Å². The highest BCUT2D eigenvalue weighted by atomic mass is 16.4. The monoisotopic (exact) mass is 253 g/mol. The van der Waals surface area contributed by atoms with E-state index in [0.717, 1.165) is 5.69 Å². The molecule has 2 N–H and O–H groups in total. The van der Waals surface area contributed by atoms with Gasteiger partial charge in [0.1, 0.15) is 0 Å². The number of carbonyl (C=O) groups excluding carboxylic acids is 1. The lowest BCUT2D eigenvalue weighted by Crippen LogP contribution is -2.25. The molecule has 100 valence electrons. The molecule has 0 saturated carbocycles. The van der Waals surface area contributed by atoms with E-state index in [0.29, 0.717) is 32.2 Å². The van der Waals surface area contributed by atoms with Crippen LogP contribution in [0.3, 0.4) is 0 Å². The Hall–Kier alpha value is -1.85. The van der Waals surface area contributed by atoms with Crippen LogP contribution < -0.4 is 5.32 Å². The standard InChI is InChI=1S/C12H19N3O3/c1-15-9-7-10(14-15)6-8-13-11(16)4-2-3-5-12(17)18/h7,9H,2-6,8H2,1H3,(H,13,16)(H,17,18). The first-order valence-electron chi connectivity index (χ1n) is 6.05. The van der Waals surface area contributed by atoms with Crippen LogP contribution in [0.5, 0.6) is 0 Å². The largest absolute Gasteiger partial charge is 0.481 e. The Kier molecular flexibility index (Phi) is 5.90. The van der Waals surface area contributed by atoms with E-state index >= 15 is 0 Å². The highest BCUT2D eigenvalue weighted by molar-refractivity contribution is 5.75. The van der Waals surface area contributed by atoms with E-state index in [4.69, 9.17) is 5.11 Å². The quantitative estimate of drug-likeness (QED) is 0.669. The molecule has 0 spiro atoms. The summed E-state index contributed by atoms with van der Waals surface area (Å²) in [6.45, 7) is 0.564. The summed E-state index contributed by atoms with van der Waals surface area (Å²) in [5, 5.41) is 15.4. The van der Waals surface area contributed by atoms with E-state index in [1.807, 2.05) is 19.3 Å². The van der Waals surface area contributed by atoms with E-state index in [9.17, 15) is 9.59 Å². The summed E-state index contributed by atoms with van der Waals surface area (Å²) in [7, 11) is 1.85. The number of aryl methyl sites for hydroxylation is 1. The number of carboxylic acids is 1. The van der Waals surface area contributed by atoms with Crippen molar-refractivity contribution in [2.24, 2.45) is 7.05 Å². The molecule has 0 aliphatic heterocycles. The summed E-state index contributed by atoms with van der Waals surface area (Å²) in [5.41, 5.74) is 0.948. The van der Waals surface area contributed by atoms with Gasteiger partial charge in [0.25, 0.3) is 0 Å². The summed E-state index contributed by atoms with van der Waals surface area (Å²) in [6, 6.07) is 1.92. The minimum Gasteiger partial charge on any atom is -0.481 e. The van der Waals surface area contributed by atoms with Gasteiger partial charge in [0.2, 0.25) is 5.91 Å². The van der Waals surface area contributed by atoms with Gasteiger partial charge in [-0.05, 0) is 18.9 Å². The molecule has 0 radical (unpaired) electrons. The van der Waals surface area contributed by atoms with Crippen LogP contribution in [0.2, 0.25) is 0 Å². The number of hydrogen-bond acceptors (Lipinski definition) is 3. The number of nitrogens with zero attached hydrogens (tertiary/aromatic N) is 2. The first-order valence-corrected chi connectivity index (χ1v) is 6.05. The molecule has 0 aromatic carbocycles. The Bertz CT molecular complexity index is 401. The normalized spacial score (nSPS) is 10.3. The molecule has 6 nitrogen and oxygen atoms in total. The van der Waals surface area contributed by atoms with E-state index < -0.39 is 5.97 Å². The predicted molar refractivity (Wildman–Crippen MR) is 66.0 cm³/mol. The molecule has 1 rings (SSSR count). The zero-order valence-electron chi connectivity index (χ0n) is 10.6. The van der Waals surface area contributed by atoms with Crippen molar-refractivity contribution in [2.75, 3.05) is 6.54 Å². The minimum absolute atomic E-state index is 0.0312. The average Bonchev–Trinajstić information content (AvgIpc) is 2.70. The number of carboxylic acid groups (broad SMARTS) is 1. The molecule has 0 atom stereocenters. The molecule has 1 aromatic heterocycles. The smallest absolute Gasteiger partial charge is 0.303 e. The Balaban J connectivity index is 2.05. The van der Waals surface area contributed by atoms with Crippen molar-refractivity contribution < 1.29 is 14.7 Å². The first kappa shape index (κ1) is 14.2.